The van der Waals surface area contributed by atoms with Gasteiger partial charge >= 0.3 is 0 Å². The van der Waals surface area contributed by atoms with Gasteiger partial charge in [-0.2, -0.15) is 10.2 Å². The maximum atomic E-state index is 13.5. The van der Waals surface area contributed by atoms with Gasteiger partial charge in [0.2, 0.25) is 0 Å². The van der Waals surface area contributed by atoms with E-state index in [4.69, 9.17) is 0 Å². The van der Waals surface area contributed by atoms with Crippen LogP contribution in [0.2, 0.25) is 0 Å². The number of hydrogen-bond acceptors (Lipinski definition) is 2. The van der Waals surface area contributed by atoms with E-state index < -0.39 is 17.5 Å². The lowest BCUT2D eigenvalue weighted by Gasteiger charge is -2.34. The third-order valence-electron chi connectivity index (χ3n) is 6.46. The molecule has 0 saturated heterocycles. The lowest BCUT2D eigenvalue weighted by molar-refractivity contribution is 0.212. The molecular weight excluding hydrogens is 397 g/mol. The summed E-state index contributed by atoms with van der Waals surface area (Å²) < 4.78 is 40.1. The Morgan fingerprint density at radius 3 is 2.23 bits per heavy atom. The molecule has 0 bridgehead atoms. The van der Waals surface area contributed by atoms with Crippen LogP contribution < -0.4 is 0 Å². The van der Waals surface area contributed by atoms with Crippen molar-refractivity contribution >= 4 is 11.9 Å². The number of benzene rings is 2. The number of hydrogen-bond donors (Lipinski definition) is 0. The Morgan fingerprint density at radius 2 is 1.65 bits per heavy atom. The monoisotopic (exact) mass is 428 g/mol. The molecule has 1 atom stereocenters. The Kier molecular flexibility index (Phi) is 8.44. The van der Waals surface area contributed by atoms with Crippen molar-refractivity contribution in [2.45, 2.75) is 58.8 Å². The summed E-state index contributed by atoms with van der Waals surface area (Å²) >= 11 is 0. The fraction of sp³-hybridized carbons (Fsp3) is 0.462. The van der Waals surface area contributed by atoms with E-state index in [1.807, 2.05) is 30.3 Å². The summed E-state index contributed by atoms with van der Waals surface area (Å²) in [4.78, 5) is 0. The van der Waals surface area contributed by atoms with E-state index >= 15 is 0 Å². The molecule has 5 heteroatoms. The van der Waals surface area contributed by atoms with Crippen LogP contribution in [-0.4, -0.2) is 11.9 Å². The van der Waals surface area contributed by atoms with Crippen molar-refractivity contribution < 1.29 is 13.2 Å². The summed E-state index contributed by atoms with van der Waals surface area (Å²) in [5.41, 5.74) is 2.06. The van der Waals surface area contributed by atoms with Gasteiger partial charge in [-0.15, -0.1) is 0 Å². The molecule has 0 amide bonds. The van der Waals surface area contributed by atoms with Crippen LogP contribution in [0.25, 0.3) is 0 Å². The first-order valence-electron chi connectivity index (χ1n) is 11.3. The predicted molar refractivity (Wildman–Crippen MR) is 121 cm³/mol. The molecule has 0 spiro atoms. The molecule has 1 saturated carbocycles. The van der Waals surface area contributed by atoms with Crippen LogP contribution in [0.15, 0.2) is 52.7 Å². The van der Waals surface area contributed by atoms with Gasteiger partial charge in [0.1, 0.15) is 0 Å². The molecule has 0 N–H and O–H groups in total. The molecule has 3 rings (SSSR count). The van der Waals surface area contributed by atoms with Crippen molar-refractivity contribution in [3.63, 3.8) is 0 Å². The molecule has 2 aromatic carbocycles. The zero-order valence-electron chi connectivity index (χ0n) is 18.3. The van der Waals surface area contributed by atoms with E-state index in [-0.39, 0.29) is 5.56 Å². The largest absolute Gasteiger partial charge is 0.204 e. The maximum Gasteiger partial charge on any atom is 0.194 e. The summed E-state index contributed by atoms with van der Waals surface area (Å²) in [6, 6.07) is 11.8. The summed E-state index contributed by atoms with van der Waals surface area (Å²) in [7, 11) is 0. The van der Waals surface area contributed by atoms with E-state index in [0.717, 1.165) is 48.1 Å². The van der Waals surface area contributed by atoms with E-state index in [2.05, 4.69) is 24.1 Å². The Morgan fingerprint density at radius 1 is 1.00 bits per heavy atom. The fourth-order valence-corrected chi connectivity index (χ4v) is 4.80. The second-order valence-electron chi connectivity index (χ2n) is 8.46. The highest BCUT2D eigenvalue weighted by Gasteiger charge is 2.29. The summed E-state index contributed by atoms with van der Waals surface area (Å²) in [6.45, 7) is 4.55. The maximum absolute atomic E-state index is 13.5. The molecule has 31 heavy (non-hydrogen) atoms. The molecule has 0 radical (unpaired) electrons. The molecule has 1 fully saturated rings. The lowest BCUT2D eigenvalue weighted by atomic mass is 9.72. The first-order valence-corrected chi connectivity index (χ1v) is 11.3. The van der Waals surface area contributed by atoms with Crippen LogP contribution in [0.5, 0.6) is 0 Å². The molecule has 1 aliphatic carbocycles. The molecule has 0 aromatic heterocycles. The first-order chi connectivity index (χ1) is 15.0. The van der Waals surface area contributed by atoms with Crippen molar-refractivity contribution in [1.82, 2.24) is 0 Å². The van der Waals surface area contributed by atoms with Gasteiger partial charge in [-0.25, -0.2) is 13.2 Å². The molecule has 0 heterocycles. The minimum Gasteiger partial charge on any atom is -0.204 e. The zero-order chi connectivity index (χ0) is 22.2. The SMILES string of the molecule is CCCC(CC)[C@H]1CC[C@H](C(=NN=Cc2cc(F)c(F)c(F)c2)c2ccccc2)CC1. The van der Waals surface area contributed by atoms with E-state index in [9.17, 15) is 13.2 Å². The van der Waals surface area contributed by atoms with Crippen LogP contribution in [0.1, 0.15) is 69.9 Å². The third-order valence-corrected chi connectivity index (χ3v) is 6.46. The standard InChI is InChI=1S/C26H31F3N2/c1-3-8-19(4-2)20-11-13-22(14-12-20)26(21-9-6-5-7-10-21)31-30-17-18-15-23(27)25(29)24(28)16-18/h5-7,9-10,15-17,19-20,22H,3-4,8,11-14H2,1-2H3/t19?,20-,22-. The van der Waals surface area contributed by atoms with Gasteiger partial charge in [-0.3, -0.25) is 0 Å². The normalized spacial score (nSPS) is 20.9. The lowest BCUT2D eigenvalue weighted by Crippen LogP contribution is -2.26. The van der Waals surface area contributed by atoms with Gasteiger partial charge in [0, 0.05) is 11.5 Å². The van der Waals surface area contributed by atoms with E-state index in [1.54, 1.807) is 0 Å². The molecule has 2 aromatic rings. The Balaban J connectivity index is 1.79. The molecule has 166 valence electrons. The molecule has 1 unspecified atom stereocenters. The summed E-state index contributed by atoms with van der Waals surface area (Å²) in [5.74, 6) is -2.07. The molecular formula is C26H31F3N2. The second-order valence-corrected chi connectivity index (χ2v) is 8.46. The highest BCUT2D eigenvalue weighted by molar-refractivity contribution is 6.02. The van der Waals surface area contributed by atoms with Crippen molar-refractivity contribution in [1.29, 1.82) is 0 Å². The fourth-order valence-electron chi connectivity index (χ4n) is 4.80. The Bertz CT molecular complexity index is 877. The van der Waals surface area contributed by atoms with Gasteiger partial charge in [-0.1, -0.05) is 63.4 Å². The van der Waals surface area contributed by atoms with Crippen molar-refractivity contribution in [3.05, 3.63) is 71.0 Å². The topological polar surface area (TPSA) is 24.7 Å². The summed E-state index contributed by atoms with van der Waals surface area (Å²) in [6.07, 6.45) is 9.53. The van der Waals surface area contributed by atoms with Crippen LogP contribution in [0.3, 0.4) is 0 Å². The average molecular weight is 429 g/mol. The quantitative estimate of drug-likeness (QED) is 0.235. The highest BCUT2D eigenvalue weighted by Crippen LogP contribution is 2.38. The van der Waals surface area contributed by atoms with Crippen LogP contribution in [0, 0.1) is 35.2 Å². The summed E-state index contributed by atoms with van der Waals surface area (Å²) in [5, 5.41) is 8.58. The average Bonchev–Trinajstić information content (AvgIpc) is 2.79. The Hall–Kier alpha value is -2.43. The molecule has 2 nitrogen and oxygen atoms in total. The minimum atomic E-state index is -1.48. The van der Waals surface area contributed by atoms with Crippen LogP contribution in [0.4, 0.5) is 13.2 Å². The van der Waals surface area contributed by atoms with Gasteiger partial charge in [0.05, 0.1) is 11.9 Å². The van der Waals surface area contributed by atoms with Gasteiger partial charge in [0.15, 0.2) is 17.5 Å². The number of rotatable bonds is 8. The first kappa shape index (κ1) is 23.2. The van der Waals surface area contributed by atoms with E-state index in [1.165, 1.54) is 38.3 Å². The minimum absolute atomic E-state index is 0.140. The smallest absolute Gasteiger partial charge is 0.194 e. The van der Waals surface area contributed by atoms with Gasteiger partial charge in [-0.05, 0) is 55.2 Å². The van der Waals surface area contributed by atoms with Gasteiger partial charge < -0.3 is 0 Å². The van der Waals surface area contributed by atoms with E-state index in [0.29, 0.717) is 5.92 Å². The number of nitrogens with zero attached hydrogens (tertiary/aromatic N) is 2. The number of halogens is 3. The van der Waals surface area contributed by atoms with Crippen molar-refractivity contribution in [2.24, 2.45) is 28.0 Å². The highest BCUT2D eigenvalue weighted by atomic mass is 19.2. The molecule has 0 aliphatic heterocycles. The van der Waals surface area contributed by atoms with Crippen molar-refractivity contribution in [3.8, 4) is 0 Å². The van der Waals surface area contributed by atoms with Crippen molar-refractivity contribution in [2.75, 3.05) is 0 Å². The Labute approximate surface area is 183 Å². The second kappa shape index (κ2) is 11.3. The predicted octanol–water partition coefficient (Wildman–Crippen LogP) is 7.56. The molecule has 1 aliphatic rings. The zero-order valence-corrected chi connectivity index (χ0v) is 18.3. The van der Waals surface area contributed by atoms with Crippen LogP contribution in [-0.2, 0) is 0 Å². The van der Waals surface area contributed by atoms with Crippen LogP contribution >= 0.6 is 0 Å². The third kappa shape index (κ3) is 6.05. The van der Waals surface area contributed by atoms with Gasteiger partial charge in [0.25, 0.3) is 0 Å².